The van der Waals surface area contributed by atoms with Crippen LogP contribution in [-0.2, 0) is 5.41 Å². The van der Waals surface area contributed by atoms with Crippen molar-refractivity contribution >= 4 is 54.4 Å². The van der Waals surface area contributed by atoms with E-state index in [1.807, 2.05) is 6.20 Å². The summed E-state index contributed by atoms with van der Waals surface area (Å²) in [5, 5.41) is 7.92. The summed E-state index contributed by atoms with van der Waals surface area (Å²) >= 11 is 0. The molecule has 0 saturated heterocycles. The van der Waals surface area contributed by atoms with Gasteiger partial charge in [0.2, 0.25) is 0 Å². The zero-order valence-corrected chi connectivity index (χ0v) is 26.0. The van der Waals surface area contributed by atoms with E-state index in [9.17, 15) is 0 Å². The van der Waals surface area contributed by atoms with Gasteiger partial charge in [0.25, 0.3) is 0 Å². The number of aromatic nitrogens is 3. The van der Waals surface area contributed by atoms with Crippen molar-refractivity contribution in [2.24, 2.45) is 0 Å². The summed E-state index contributed by atoms with van der Waals surface area (Å²) < 4.78 is 4.90. The minimum Gasteiger partial charge on any atom is -0.309 e. The Balaban J connectivity index is 1.36. The van der Waals surface area contributed by atoms with E-state index < -0.39 is 0 Å². The average Bonchev–Trinajstić information content (AvgIpc) is 3.57. The van der Waals surface area contributed by atoms with Gasteiger partial charge in [0.05, 0.1) is 27.8 Å². The van der Waals surface area contributed by atoms with Crippen LogP contribution < -0.4 is 0 Å². The maximum absolute atomic E-state index is 4.91. The van der Waals surface area contributed by atoms with Crippen molar-refractivity contribution in [2.75, 3.05) is 0 Å². The third-order valence-corrected chi connectivity index (χ3v) is 10.0. The molecule has 1 aliphatic rings. The molecule has 0 amide bonds. The fourth-order valence-electron chi connectivity index (χ4n) is 8.16. The number of pyridine rings is 1. The molecule has 0 aliphatic heterocycles. The Kier molecular flexibility index (Phi) is 4.99. The van der Waals surface area contributed by atoms with Gasteiger partial charge >= 0.3 is 0 Å². The van der Waals surface area contributed by atoms with E-state index in [0.29, 0.717) is 0 Å². The Hall–Kier alpha value is -5.67. The zero-order valence-electron chi connectivity index (χ0n) is 26.0. The second kappa shape index (κ2) is 8.95. The number of para-hydroxylation sites is 1. The number of hydrogen-bond acceptors (Lipinski definition) is 1. The first-order chi connectivity index (χ1) is 22.5. The van der Waals surface area contributed by atoms with Crippen LogP contribution in [-0.4, -0.2) is 14.1 Å². The van der Waals surface area contributed by atoms with Crippen molar-refractivity contribution in [3.05, 3.63) is 139 Å². The molecule has 3 heteroatoms. The normalized spacial score (nSPS) is 12.7. The molecule has 0 atom stereocenters. The van der Waals surface area contributed by atoms with Gasteiger partial charge in [-0.2, -0.15) is 0 Å². The third-order valence-electron chi connectivity index (χ3n) is 10.0. The van der Waals surface area contributed by atoms with Crippen LogP contribution in [0.15, 0.2) is 134 Å². The Bertz CT molecular complexity index is 2720. The van der Waals surface area contributed by atoms with E-state index in [1.165, 1.54) is 82.3 Å². The third kappa shape index (κ3) is 3.29. The molecule has 6 aromatic carbocycles. The van der Waals surface area contributed by atoms with Crippen LogP contribution in [0, 0.1) is 0 Å². The lowest BCUT2D eigenvalue weighted by Crippen LogP contribution is -2.12. The molecule has 3 heterocycles. The molecular formula is C43H31N3. The number of nitrogens with zero attached hydrogens (tertiary/aromatic N) is 3. The summed E-state index contributed by atoms with van der Waals surface area (Å²) in [5.41, 5.74) is 13.3. The second-order valence-corrected chi connectivity index (χ2v) is 13.6. The summed E-state index contributed by atoms with van der Waals surface area (Å²) in [4.78, 5) is 4.91. The first kappa shape index (κ1) is 25.6. The highest BCUT2D eigenvalue weighted by Crippen LogP contribution is 2.51. The molecule has 1 aliphatic carbocycles. The number of benzene rings is 6. The molecule has 218 valence electrons. The predicted octanol–water partition coefficient (Wildman–Crippen LogP) is 11.4. The van der Waals surface area contributed by atoms with Crippen LogP contribution in [0.5, 0.6) is 0 Å². The van der Waals surface area contributed by atoms with Crippen LogP contribution in [0.1, 0.15) is 26.3 Å². The molecule has 3 aromatic heterocycles. The molecule has 3 nitrogen and oxygen atoms in total. The van der Waals surface area contributed by atoms with Crippen molar-refractivity contribution in [1.82, 2.24) is 14.1 Å². The van der Waals surface area contributed by atoms with Crippen LogP contribution in [0.4, 0.5) is 0 Å². The van der Waals surface area contributed by atoms with E-state index in [0.717, 1.165) is 11.4 Å². The van der Waals surface area contributed by atoms with E-state index in [1.54, 1.807) is 0 Å². The van der Waals surface area contributed by atoms with Crippen molar-refractivity contribution in [2.45, 2.75) is 26.2 Å². The Morgan fingerprint density at radius 2 is 1.02 bits per heavy atom. The summed E-state index contributed by atoms with van der Waals surface area (Å²) in [7, 11) is 0. The number of rotatable bonds is 3. The first-order valence-electron chi connectivity index (χ1n) is 16.1. The van der Waals surface area contributed by atoms with E-state index in [4.69, 9.17) is 4.98 Å². The Morgan fingerprint density at radius 1 is 0.457 bits per heavy atom. The quantitative estimate of drug-likeness (QED) is 0.201. The molecule has 0 saturated carbocycles. The van der Waals surface area contributed by atoms with Crippen LogP contribution in [0.3, 0.4) is 0 Å². The molecular weight excluding hydrogens is 558 g/mol. The maximum Gasteiger partial charge on any atom is 0.0725 e. The summed E-state index contributed by atoms with van der Waals surface area (Å²) in [5.74, 6) is 0. The van der Waals surface area contributed by atoms with Crippen LogP contribution in [0.25, 0.3) is 88.1 Å². The highest BCUT2D eigenvalue weighted by atomic mass is 15.0. The van der Waals surface area contributed by atoms with Crippen LogP contribution >= 0.6 is 0 Å². The summed E-state index contributed by atoms with van der Waals surface area (Å²) in [6.45, 7) is 6.82. The molecule has 9 aromatic rings. The predicted molar refractivity (Wildman–Crippen MR) is 194 cm³/mol. The SMILES string of the molecule is CC(C)(C)c1ccccc1-c1cc(-n2c3cccc4c3c3c5c(ccc6c5c5c-4cccc5n6-c4ccccc4)ccc32)ccn1. The fraction of sp³-hybridized carbons (Fsp3) is 0.0930. The van der Waals surface area contributed by atoms with Gasteiger partial charge in [-0.3, -0.25) is 4.98 Å². The molecule has 0 unspecified atom stereocenters. The van der Waals surface area contributed by atoms with Gasteiger partial charge in [-0.05, 0) is 76.0 Å². The van der Waals surface area contributed by atoms with Crippen molar-refractivity contribution < 1.29 is 0 Å². The number of fused-ring (bicyclic) bond motifs is 1. The van der Waals surface area contributed by atoms with E-state index >= 15 is 0 Å². The van der Waals surface area contributed by atoms with Gasteiger partial charge in [-0.15, -0.1) is 0 Å². The fourth-order valence-corrected chi connectivity index (χ4v) is 8.16. The summed E-state index contributed by atoms with van der Waals surface area (Å²) in [6, 6.07) is 46.8. The standard InChI is InChI=1S/C43H31N3/c1-43(2,3)32-16-8-7-13-31(32)33-25-28(23-24-44-33)46-35-18-10-15-30-29-14-9-17-34-39(29)41-36(45(34)27-11-5-4-6-12-27)21-19-26-20-22-37(46)42(38(26)41)40(30)35/h4-25H,1-3H3. The Morgan fingerprint density at radius 3 is 1.67 bits per heavy atom. The monoisotopic (exact) mass is 589 g/mol. The minimum atomic E-state index is 0.00615. The van der Waals surface area contributed by atoms with Gasteiger partial charge in [-0.1, -0.05) is 99.6 Å². The molecule has 10 rings (SSSR count). The largest absolute Gasteiger partial charge is 0.309 e. The Labute approximate surface area is 267 Å². The highest BCUT2D eigenvalue weighted by molar-refractivity contribution is 6.38. The van der Waals surface area contributed by atoms with E-state index in [-0.39, 0.29) is 5.41 Å². The summed E-state index contributed by atoms with van der Waals surface area (Å²) in [6.07, 6.45) is 1.97. The lowest BCUT2D eigenvalue weighted by atomic mass is 9.83. The first-order valence-corrected chi connectivity index (χ1v) is 16.1. The molecule has 0 N–H and O–H groups in total. The lowest BCUT2D eigenvalue weighted by molar-refractivity contribution is 0.592. The number of hydrogen-bond donors (Lipinski definition) is 0. The van der Waals surface area contributed by atoms with Crippen molar-refractivity contribution in [1.29, 1.82) is 0 Å². The van der Waals surface area contributed by atoms with Gasteiger partial charge in [0, 0.05) is 50.1 Å². The average molecular weight is 590 g/mol. The topological polar surface area (TPSA) is 22.8 Å². The zero-order chi connectivity index (χ0) is 30.7. The minimum absolute atomic E-state index is 0.00615. The molecule has 0 bridgehead atoms. The van der Waals surface area contributed by atoms with Gasteiger partial charge < -0.3 is 9.13 Å². The van der Waals surface area contributed by atoms with Gasteiger partial charge in [-0.25, -0.2) is 0 Å². The molecule has 0 fully saturated rings. The maximum atomic E-state index is 4.91. The lowest BCUT2D eigenvalue weighted by Gasteiger charge is -2.23. The van der Waals surface area contributed by atoms with Crippen molar-refractivity contribution in [3.63, 3.8) is 0 Å². The van der Waals surface area contributed by atoms with E-state index in [2.05, 4.69) is 157 Å². The van der Waals surface area contributed by atoms with Crippen molar-refractivity contribution in [3.8, 4) is 33.8 Å². The second-order valence-electron chi connectivity index (χ2n) is 13.6. The smallest absolute Gasteiger partial charge is 0.0725 e. The molecule has 46 heavy (non-hydrogen) atoms. The molecule has 0 radical (unpaired) electrons. The highest BCUT2D eigenvalue weighted by Gasteiger charge is 2.27. The van der Waals surface area contributed by atoms with Gasteiger partial charge in [0.1, 0.15) is 0 Å². The molecule has 0 spiro atoms. The van der Waals surface area contributed by atoms with Crippen LogP contribution in [0.2, 0.25) is 0 Å². The van der Waals surface area contributed by atoms with Gasteiger partial charge in [0.15, 0.2) is 0 Å².